The third-order valence-electron chi connectivity index (χ3n) is 5.54. The Bertz CT molecular complexity index is 471. The molecule has 0 aromatic heterocycles. The summed E-state index contributed by atoms with van der Waals surface area (Å²) in [5.41, 5.74) is 1.53. The molecule has 1 fully saturated rings. The lowest BCUT2D eigenvalue weighted by Gasteiger charge is -2.38. The Hall–Kier alpha value is -1.13. The molecule has 22 heavy (non-hydrogen) atoms. The number of fused-ring (bicyclic) bond motifs is 1. The maximum absolute atomic E-state index is 11.6. The fraction of sp³-hybridized carbons (Fsp3) is 0.722. The smallest absolute Gasteiger partial charge is 0.308 e. The van der Waals surface area contributed by atoms with Crippen molar-refractivity contribution in [2.24, 2.45) is 23.7 Å². The number of cyclic esters (lactones) is 1. The molecular weight excluding hydrogens is 278 g/mol. The van der Waals surface area contributed by atoms with Crippen molar-refractivity contribution in [3.05, 3.63) is 23.8 Å². The van der Waals surface area contributed by atoms with Crippen LogP contribution in [0, 0.1) is 17.8 Å². The molecule has 2 N–H and O–H groups in total. The van der Waals surface area contributed by atoms with Crippen LogP contribution in [0.3, 0.4) is 0 Å². The van der Waals surface area contributed by atoms with Crippen LogP contribution in [-0.4, -0.2) is 18.2 Å². The number of hydrogen-bond donors (Lipinski definition) is 1. The highest BCUT2D eigenvalue weighted by atomic mass is 16.6. The van der Waals surface area contributed by atoms with Crippen molar-refractivity contribution in [1.82, 2.24) is 0 Å². The van der Waals surface area contributed by atoms with Crippen molar-refractivity contribution in [1.29, 1.82) is 0 Å². The predicted octanol–water partition coefficient (Wildman–Crippen LogP) is 3.28. The molecule has 1 heterocycles. The van der Waals surface area contributed by atoms with Gasteiger partial charge in [-0.05, 0) is 55.4 Å². The Morgan fingerprint density at radius 1 is 1.41 bits per heavy atom. The fourth-order valence-corrected chi connectivity index (χ4v) is 4.32. The zero-order chi connectivity index (χ0) is 15.5. The number of ether oxygens (including phenoxy) is 1. The van der Waals surface area contributed by atoms with Gasteiger partial charge < -0.3 is 9.57 Å². The van der Waals surface area contributed by atoms with Crippen LogP contribution in [0.5, 0.6) is 0 Å². The van der Waals surface area contributed by atoms with Gasteiger partial charge in [0, 0.05) is 6.42 Å². The first-order valence-electron chi connectivity index (χ1n) is 8.60. The molecule has 0 radical (unpaired) electrons. The fourth-order valence-electron chi connectivity index (χ4n) is 4.32. The van der Waals surface area contributed by atoms with Gasteiger partial charge in [-0.25, -0.2) is 5.90 Å². The first-order chi connectivity index (χ1) is 10.7. The highest BCUT2D eigenvalue weighted by Gasteiger charge is 2.34. The second-order valence-corrected chi connectivity index (χ2v) is 7.01. The Kier molecular flexibility index (Phi) is 4.99. The van der Waals surface area contributed by atoms with Gasteiger partial charge in [0.15, 0.2) is 0 Å². The molecule has 3 rings (SSSR count). The molecule has 1 aliphatic heterocycles. The molecule has 4 nitrogen and oxygen atoms in total. The van der Waals surface area contributed by atoms with E-state index in [1.807, 2.05) is 0 Å². The second-order valence-electron chi connectivity index (χ2n) is 7.01. The molecule has 0 saturated carbocycles. The van der Waals surface area contributed by atoms with Gasteiger partial charge in [-0.1, -0.05) is 25.2 Å². The van der Waals surface area contributed by atoms with E-state index < -0.39 is 0 Å². The van der Waals surface area contributed by atoms with Crippen LogP contribution < -0.4 is 5.90 Å². The minimum atomic E-state index is -0.180. The van der Waals surface area contributed by atoms with Crippen molar-refractivity contribution < 1.29 is 14.4 Å². The molecule has 0 spiro atoms. The Morgan fingerprint density at radius 3 is 3.09 bits per heavy atom. The first kappa shape index (κ1) is 15.8. The summed E-state index contributed by atoms with van der Waals surface area (Å²) in [5.74, 6) is 7.02. The average Bonchev–Trinajstić information content (AvgIpc) is 2.53. The predicted molar refractivity (Wildman–Crippen MR) is 84.6 cm³/mol. The van der Waals surface area contributed by atoms with E-state index in [0.717, 1.165) is 19.3 Å². The van der Waals surface area contributed by atoms with Crippen molar-refractivity contribution in [2.45, 2.75) is 64.1 Å². The molecular formula is C18H27NO3. The van der Waals surface area contributed by atoms with E-state index in [2.05, 4.69) is 25.2 Å². The van der Waals surface area contributed by atoms with Gasteiger partial charge in [0.2, 0.25) is 0 Å². The van der Waals surface area contributed by atoms with Gasteiger partial charge in [-0.3, -0.25) is 4.79 Å². The summed E-state index contributed by atoms with van der Waals surface area (Å²) in [6.45, 7) is 2.31. The van der Waals surface area contributed by atoms with E-state index in [1.54, 1.807) is 0 Å². The van der Waals surface area contributed by atoms with Crippen LogP contribution >= 0.6 is 0 Å². The van der Waals surface area contributed by atoms with Crippen LogP contribution in [0.15, 0.2) is 23.8 Å². The third kappa shape index (κ3) is 3.44. The SMILES string of the molecule is CC1C=CC2=CCCCC2C1CC[C@@H]1CC(ON)CC(=O)O1. The van der Waals surface area contributed by atoms with E-state index in [-0.39, 0.29) is 24.6 Å². The van der Waals surface area contributed by atoms with Gasteiger partial charge >= 0.3 is 5.97 Å². The second kappa shape index (κ2) is 6.97. The minimum absolute atomic E-state index is 0.0380. The Labute approximate surface area is 132 Å². The van der Waals surface area contributed by atoms with Crippen molar-refractivity contribution in [2.75, 3.05) is 0 Å². The van der Waals surface area contributed by atoms with Crippen molar-refractivity contribution >= 4 is 5.97 Å². The number of allylic oxidation sites excluding steroid dienone is 4. The molecule has 122 valence electrons. The zero-order valence-corrected chi connectivity index (χ0v) is 13.4. The molecule has 1 saturated heterocycles. The van der Waals surface area contributed by atoms with Crippen LogP contribution in [0.2, 0.25) is 0 Å². The monoisotopic (exact) mass is 305 g/mol. The topological polar surface area (TPSA) is 61.5 Å². The lowest BCUT2D eigenvalue weighted by molar-refractivity contribution is -0.164. The zero-order valence-electron chi connectivity index (χ0n) is 13.4. The van der Waals surface area contributed by atoms with Crippen LogP contribution in [0.25, 0.3) is 0 Å². The van der Waals surface area contributed by atoms with Gasteiger partial charge in [-0.15, -0.1) is 0 Å². The van der Waals surface area contributed by atoms with E-state index in [4.69, 9.17) is 15.5 Å². The van der Waals surface area contributed by atoms with E-state index >= 15 is 0 Å². The summed E-state index contributed by atoms with van der Waals surface area (Å²) in [6.07, 6.45) is 13.7. The molecule has 0 aromatic rings. The van der Waals surface area contributed by atoms with Gasteiger partial charge in [0.25, 0.3) is 0 Å². The summed E-state index contributed by atoms with van der Waals surface area (Å²) < 4.78 is 5.47. The normalized spacial score (nSPS) is 38.2. The maximum Gasteiger partial charge on any atom is 0.308 e. The quantitative estimate of drug-likeness (QED) is 0.639. The van der Waals surface area contributed by atoms with E-state index in [1.165, 1.54) is 24.8 Å². The number of carbonyl (C=O) groups is 1. The van der Waals surface area contributed by atoms with Gasteiger partial charge in [-0.2, -0.15) is 0 Å². The standard InChI is InChI=1S/C18H27NO3/c1-12-6-7-13-4-2-3-5-17(13)16(12)9-8-14-10-15(22-19)11-18(20)21-14/h4,6-7,12,14-17H,2-3,5,8-11,19H2,1H3/t12?,14-,15?,16?,17?/m1/s1. The molecule has 4 heteroatoms. The largest absolute Gasteiger partial charge is 0.462 e. The summed E-state index contributed by atoms with van der Waals surface area (Å²) in [6, 6.07) is 0. The maximum atomic E-state index is 11.6. The first-order valence-corrected chi connectivity index (χ1v) is 8.60. The van der Waals surface area contributed by atoms with Crippen molar-refractivity contribution in [3.8, 4) is 0 Å². The summed E-state index contributed by atoms with van der Waals surface area (Å²) >= 11 is 0. The Morgan fingerprint density at radius 2 is 2.27 bits per heavy atom. The number of carbonyl (C=O) groups excluding carboxylic acids is 1. The van der Waals surface area contributed by atoms with Crippen LogP contribution in [0.4, 0.5) is 0 Å². The lowest BCUT2D eigenvalue weighted by atomic mass is 9.68. The van der Waals surface area contributed by atoms with Crippen LogP contribution in [0.1, 0.15) is 51.9 Å². The van der Waals surface area contributed by atoms with E-state index in [0.29, 0.717) is 17.8 Å². The summed E-state index contributed by atoms with van der Waals surface area (Å²) in [7, 11) is 0. The summed E-state index contributed by atoms with van der Waals surface area (Å²) in [4.78, 5) is 16.5. The molecule has 5 atom stereocenters. The van der Waals surface area contributed by atoms with Gasteiger partial charge in [0.05, 0.1) is 12.5 Å². The highest BCUT2D eigenvalue weighted by molar-refractivity contribution is 5.71. The molecule has 4 unspecified atom stereocenters. The van der Waals surface area contributed by atoms with Gasteiger partial charge in [0.1, 0.15) is 6.10 Å². The van der Waals surface area contributed by atoms with E-state index in [9.17, 15) is 4.79 Å². The highest BCUT2D eigenvalue weighted by Crippen LogP contribution is 2.42. The number of hydrogen-bond acceptors (Lipinski definition) is 4. The van der Waals surface area contributed by atoms with Crippen molar-refractivity contribution in [3.63, 3.8) is 0 Å². The minimum Gasteiger partial charge on any atom is -0.462 e. The number of nitrogens with two attached hydrogens (primary N) is 1. The summed E-state index contributed by atoms with van der Waals surface area (Å²) in [5, 5.41) is 0. The lowest BCUT2D eigenvalue weighted by Crippen LogP contribution is -2.36. The third-order valence-corrected chi connectivity index (χ3v) is 5.54. The Balaban J connectivity index is 1.60. The molecule has 0 bridgehead atoms. The number of esters is 1. The number of rotatable bonds is 4. The van der Waals surface area contributed by atoms with Crippen LogP contribution in [-0.2, 0) is 14.4 Å². The molecule has 3 aliphatic rings. The molecule has 0 aromatic carbocycles. The molecule has 2 aliphatic carbocycles. The molecule has 0 amide bonds. The average molecular weight is 305 g/mol.